The number of ether oxygens (including phenoxy) is 4. The number of benzene rings is 3. The van der Waals surface area contributed by atoms with E-state index in [0.717, 1.165) is 28.2 Å². The fourth-order valence-electron chi connectivity index (χ4n) is 5.22. The number of hydrogen-bond donors (Lipinski definition) is 1. The molecule has 0 aliphatic carbocycles. The van der Waals surface area contributed by atoms with E-state index in [4.69, 9.17) is 18.9 Å². The highest BCUT2D eigenvalue weighted by molar-refractivity contribution is 7.89. The Morgan fingerprint density at radius 1 is 1.07 bits per heavy atom. The summed E-state index contributed by atoms with van der Waals surface area (Å²) < 4.78 is 52.1. The van der Waals surface area contributed by atoms with Crippen LogP contribution in [0.25, 0.3) is 11.1 Å². The van der Waals surface area contributed by atoms with E-state index in [2.05, 4.69) is 4.90 Å². The molecule has 0 bridgehead atoms. The van der Waals surface area contributed by atoms with Gasteiger partial charge in [0.25, 0.3) is 0 Å². The van der Waals surface area contributed by atoms with Crippen molar-refractivity contribution in [2.75, 3.05) is 40.6 Å². The molecule has 40 heavy (non-hydrogen) atoms. The van der Waals surface area contributed by atoms with Crippen molar-refractivity contribution in [2.45, 2.75) is 37.4 Å². The first-order chi connectivity index (χ1) is 19.2. The highest BCUT2D eigenvalue weighted by Crippen LogP contribution is 2.39. The fraction of sp³-hybridized carbons (Fsp3) is 0.400. The maximum absolute atomic E-state index is 13.8. The Kier molecular flexibility index (Phi) is 8.23. The van der Waals surface area contributed by atoms with Crippen LogP contribution in [-0.4, -0.2) is 75.5 Å². The molecule has 0 unspecified atom stereocenters. The molecule has 3 aromatic carbocycles. The minimum absolute atomic E-state index is 0.0850. The lowest BCUT2D eigenvalue weighted by Gasteiger charge is -2.37. The van der Waals surface area contributed by atoms with Gasteiger partial charge in [0, 0.05) is 37.2 Å². The maximum Gasteiger partial charge on any atom is 0.247 e. The van der Waals surface area contributed by atoms with Crippen LogP contribution in [0.1, 0.15) is 19.4 Å². The zero-order valence-electron chi connectivity index (χ0n) is 23.2. The van der Waals surface area contributed by atoms with Crippen molar-refractivity contribution in [1.29, 1.82) is 0 Å². The summed E-state index contributed by atoms with van der Waals surface area (Å²) in [5.74, 6) is 2.28. The summed E-state index contributed by atoms with van der Waals surface area (Å²) in [7, 11) is -0.313. The van der Waals surface area contributed by atoms with Crippen molar-refractivity contribution in [2.24, 2.45) is 5.92 Å². The lowest BCUT2D eigenvalue weighted by Crippen LogP contribution is -2.49. The average molecular weight is 569 g/mol. The van der Waals surface area contributed by atoms with Crippen molar-refractivity contribution in [3.05, 3.63) is 66.2 Å². The molecule has 0 radical (unpaired) electrons. The number of nitrogens with zero attached hydrogens (tertiary/aromatic N) is 2. The minimum atomic E-state index is -3.93. The van der Waals surface area contributed by atoms with Crippen LogP contribution >= 0.6 is 0 Å². The normalized spacial score (nSPS) is 20.8. The zero-order chi connectivity index (χ0) is 28.4. The summed E-state index contributed by atoms with van der Waals surface area (Å²) in [6.07, 6.45) is -0.324. The predicted molar refractivity (Wildman–Crippen MR) is 151 cm³/mol. The van der Waals surface area contributed by atoms with E-state index < -0.39 is 16.1 Å². The van der Waals surface area contributed by atoms with Gasteiger partial charge in [-0.1, -0.05) is 37.3 Å². The third kappa shape index (κ3) is 5.62. The molecule has 3 aromatic rings. The SMILES string of the molecule is COc1ccccc1-c1ccc2c(c1)O[C@H](CN(C)Cc1ccc3c(c1)OCO3)[C@H](C)CN([C@H](C)CO)S2(=O)=O. The van der Waals surface area contributed by atoms with Gasteiger partial charge in [-0.25, -0.2) is 8.42 Å². The van der Waals surface area contributed by atoms with Crippen molar-refractivity contribution in [1.82, 2.24) is 9.21 Å². The molecule has 0 aromatic heterocycles. The Morgan fingerprint density at radius 3 is 2.62 bits per heavy atom. The molecule has 0 saturated heterocycles. The van der Waals surface area contributed by atoms with E-state index in [1.54, 1.807) is 32.2 Å². The summed E-state index contributed by atoms with van der Waals surface area (Å²) in [5.41, 5.74) is 2.69. The standard InChI is InChI=1S/C30H36N2O7S/c1-20-15-32(21(2)18-33)40(34,35)30-12-10-23(24-7-5-6-8-25(24)36-4)14-28(30)39-29(20)17-31(3)16-22-9-11-26-27(13-22)38-19-37-26/h5-14,20-21,29,33H,15-19H2,1-4H3/t20-,21-,29-/m1/s1. The number of hydrogen-bond acceptors (Lipinski definition) is 8. The number of likely N-dealkylation sites (N-methyl/N-ethyl adjacent to an activating group) is 1. The van der Waals surface area contributed by atoms with Gasteiger partial charge in [-0.05, 0) is 55.4 Å². The molecule has 2 aliphatic rings. The summed E-state index contributed by atoms with van der Waals surface area (Å²) in [6, 6.07) is 18.0. The van der Waals surface area contributed by atoms with Gasteiger partial charge in [0.15, 0.2) is 11.5 Å². The second-order valence-corrected chi connectivity index (χ2v) is 12.3. The number of para-hydroxylation sites is 1. The van der Waals surface area contributed by atoms with Gasteiger partial charge in [-0.2, -0.15) is 4.31 Å². The van der Waals surface area contributed by atoms with E-state index in [1.807, 2.05) is 56.4 Å². The maximum atomic E-state index is 13.8. The predicted octanol–water partition coefficient (Wildman–Crippen LogP) is 3.99. The van der Waals surface area contributed by atoms with Gasteiger partial charge in [0.2, 0.25) is 16.8 Å². The lowest BCUT2D eigenvalue weighted by molar-refractivity contribution is 0.0734. The lowest BCUT2D eigenvalue weighted by atomic mass is 10.0. The van der Waals surface area contributed by atoms with Crippen molar-refractivity contribution >= 4 is 10.0 Å². The molecule has 10 heteroatoms. The van der Waals surface area contributed by atoms with Gasteiger partial charge in [-0.15, -0.1) is 0 Å². The molecule has 9 nitrogen and oxygen atoms in total. The molecule has 214 valence electrons. The van der Waals surface area contributed by atoms with Gasteiger partial charge >= 0.3 is 0 Å². The summed E-state index contributed by atoms with van der Waals surface area (Å²) in [4.78, 5) is 2.24. The van der Waals surface area contributed by atoms with Gasteiger partial charge in [0.1, 0.15) is 22.5 Å². The molecular formula is C30H36N2O7S. The molecule has 0 amide bonds. The summed E-state index contributed by atoms with van der Waals surface area (Å²) >= 11 is 0. The number of aliphatic hydroxyl groups is 1. The largest absolute Gasteiger partial charge is 0.496 e. The van der Waals surface area contributed by atoms with E-state index in [9.17, 15) is 13.5 Å². The molecule has 0 fully saturated rings. The molecular weight excluding hydrogens is 532 g/mol. The van der Waals surface area contributed by atoms with Crippen molar-refractivity contribution in [3.8, 4) is 34.1 Å². The Bertz CT molecular complexity index is 1460. The fourth-order valence-corrected chi connectivity index (χ4v) is 7.04. The zero-order valence-corrected chi connectivity index (χ0v) is 24.1. The number of sulfonamides is 1. The Hall–Kier alpha value is -3.31. The third-order valence-corrected chi connectivity index (χ3v) is 9.49. The van der Waals surface area contributed by atoms with Gasteiger partial charge in [0.05, 0.1) is 13.7 Å². The molecule has 1 N–H and O–H groups in total. The quantitative estimate of drug-likeness (QED) is 0.436. The average Bonchev–Trinajstić information content (AvgIpc) is 3.42. The van der Waals surface area contributed by atoms with Crippen LogP contribution in [0.4, 0.5) is 0 Å². The second kappa shape index (κ2) is 11.7. The van der Waals surface area contributed by atoms with Crippen LogP contribution in [0.3, 0.4) is 0 Å². The summed E-state index contributed by atoms with van der Waals surface area (Å²) in [5, 5.41) is 9.93. The van der Waals surface area contributed by atoms with Crippen LogP contribution in [0.5, 0.6) is 23.0 Å². The first-order valence-electron chi connectivity index (χ1n) is 13.3. The Morgan fingerprint density at radius 2 is 1.85 bits per heavy atom. The molecule has 3 atom stereocenters. The molecule has 0 saturated carbocycles. The van der Waals surface area contributed by atoms with E-state index >= 15 is 0 Å². The van der Waals surface area contributed by atoms with Crippen LogP contribution in [-0.2, 0) is 16.6 Å². The molecule has 0 spiro atoms. The third-order valence-electron chi connectivity index (χ3n) is 7.47. The minimum Gasteiger partial charge on any atom is -0.496 e. The first kappa shape index (κ1) is 28.2. The van der Waals surface area contributed by atoms with Gasteiger partial charge < -0.3 is 24.1 Å². The Balaban J connectivity index is 1.49. The second-order valence-electron chi connectivity index (χ2n) is 10.5. The van der Waals surface area contributed by atoms with E-state index in [-0.39, 0.29) is 42.6 Å². The highest BCUT2D eigenvalue weighted by Gasteiger charge is 2.38. The monoisotopic (exact) mass is 568 g/mol. The Labute approximate surface area is 235 Å². The highest BCUT2D eigenvalue weighted by atomic mass is 32.2. The van der Waals surface area contributed by atoms with Gasteiger partial charge in [-0.3, -0.25) is 4.90 Å². The number of rotatable bonds is 8. The first-order valence-corrected chi connectivity index (χ1v) is 14.8. The smallest absolute Gasteiger partial charge is 0.247 e. The van der Waals surface area contributed by atoms with Crippen molar-refractivity contribution < 1.29 is 32.5 Å². The van der Waals surface area contributed by atoms with Crippen LogP contribution < -0.4 is 18.9 Å². The van der Waals surface area contributed by atoms with E-state index in [0.29, 0.717) is 18.8 Å². The van der Waals surface area contributed by atoms with Crippen LogP contribution in [0, 0.1) is 5.92 Å². The van der Waals surface area contributed by atoms with Crippen LogP contribution in [0.15, 0.2) is 65.6 Å². The molecule has 2 heterocycles. The summed E-state index contributed by atoms with van der Waals surface area (Å²) in [6.45, 7) is 5.07. The topological polar surface area (TPSA) is 97.8 Å². The van der Waals surface area contributed by atoms with E-state index in [1.165, 1.54) is 4.31 Å². The molecule has 2 aliphatic heterocycles. The number of fused-ring (bicyclic) bond motifs is 2. The molecule has 5 rings (SSSR count). The number of methoxy groups -OCH3 is 1. The van der Waals surface area contributed by atoms with Crippen LogP contribution in [0.2, 0.25) is 0 Å². The van der Waals surface area contributed by atoms with Crippen molar-refractivity contribution in [3.63, 3.8) is 0 Å². The number of aliphatic hydroxyl groups excluding tert-OH is 1.